The van der Waals surface area contributed by atoms with E-state index in [1.807, 2.05) is 42.3 Å². The summed E-state index contributed by atoms with van der Waals surface area (Å²) in [6.45, 7) is 13.0. The Labute approximate surface area is 203 Å². The van der Waals surface area contributed by atoms with Gasteiger partial charge in [-0.15, -0.1) is 0 Å². The number of carbonyl (C=O) groups excluding carboxylic acids is 2. The summed E-state index contributed by atoms with van der Waals surface area (Å²) >= 11 is 0. The molecule has 0 saturated carbocycles. The SMILES string of the molecule is C=CC(=O)NCCCN(CC)C(=O)CCN(C=NCCCCCCCCCCCC)/C=C\C. The minimum Gasteiger partial charge on any atom is -0.353 e. The minimum atomic E-state index is -0.177. The van der Waals surface area contributed by atoms with Crippen LogP contribution in [0, 0.1) is 0 Å². The quantitative estimate of drug-likeness (QED) is 0.0971. The zero-order valence-electron chi connectivity index (χ0n) is 21.7. The number of hydrogen-bond acceptors (Lipinski definition) is 3. The lowest BCUT2D eigenvalue weighted by Crippen LogP contribution is -2.35. The molecule has 33 heavy (non-hydrogen) atoms. The van der Waals surface area contributed by atoms with Crippen molar-refractivity contribution in [1.29, 1.82) is 0 Å². The van der Waals surface area contributed by atoms with E-state index in [2.05, 4.69) is 23.8 Å². The summed E-state index contributed by atoms with van der Waals surface area (Å²) in [4.78, 5) is 32.2. The van der Waals surface area contributed by atoms with Crippen LogP contribution in [-0.4, -0.2) is 60.7 Å². The number of allylic oxidation sites excluding steroid dienone is 1. The summed E-state index contributed by atoms with van der Waals surface area (Å²) in [5.41, 5.74) is 0. The number of nitrogens with zero attached hydrogens (tertiary/aromatic N) is 3. The summed E-state index contributed by atoms with van der Waals surface area (Å²) in [6.07, 6.45) is 21.5. The number of aliphatic imine (C=N–C) groups is 1. The second-order valence-electron chi connectivity index (χ2n) is 8.50. The molecule has 6 heteroatoms. The molecule has 0 bridgehead atoms. The monoisotopic (exact) mass is 462 g/mol. The van der Waals surface area contributed by atoms with Gasteiger partial charge in [-0.25, -0.2) is 0 Å². The normalized spacial score (nSPS) is 11.2. The van der Waals surface area contributed by atoms with Crippen LogP contribution in [-0.2, 0) is 9.59 Å². The highest BCUT2D eigenvalue weighted by molar-refractivity contribution is 5.86. The van der Waals surface area contributed by atoms with Gasteiger partial charge in [0.1, 0.15) is 0 Å². The molecule has 0 radical (unpaired) electrons. The Balaban J connectivity index is 4.04. The molecule has 0 spiro atoms. The molecule has 190 valence electrons. The van der Waals surface area contributed by atoms with Crippen LogP contribution in [0.15, 0.2) is 29.9 Å². The third-order valence-corrected chi connectivity index (χ3v) is 5.62. The van der Waals surface area contributed by atoms with Crippen LogP contribution in [0.3, 0.4) is 0 Å². The Kier molecular flexibility index (Phi) is 21.6. The highest BCUT2D eigenvalue weighted by Gasteiger charge is 2.12. The fourth-order valence-corrected chi connectivity index (χ4v) is 3.61. The van der Waals surface area contributed by atoms with Crippen molar-refractivity contribution in [3.05, 3.63) is 24.9 Å². The van der Waals surface area contributed by atoms with Gasteiger partial charge in [0.25, 0.3) is 0 Å². The lowest BCUT2D eigenvalue weighted by Gasteiger charge is -2.22. The van der Waals surface area contributed by atoms with Crippen LogP contribution in [0.25, 0.3) is 0 Å². The molecule has 0 unspecified atom stereocenters. The van der Waals surface area contributed by atoms with E-state index in [1.54, 1.807) is 0 Å². The summed E-state index contributed by atoms with van der Waals surface area (Å²) < 4.78 is 0. The van der Waals surface area contributed by atoms with Crippen LogP contribution < -0.4 is 5.32 Å². The zero-order valence-corrected chi connectivity index (χ0v) is 21.7. The van der Waals surface area contributed by atoms with Crippen molar-refractivity contribution < 1.29 is 9.59 Å². The molecule has 0 rings (SSSR count). The average molecular weight is 463 g/mol. The van der Waals surface area contributed by atoms with Crippen molar-refractivity contribution in [1.82, 2.24) is 15.1 Å². The second-order valence-corrected chi connectivity index (χ2v) is 8.50. The number of amides is 2. The molecule has 0 heterocycles. The van der Waals surface area contributed by atoms with Gasteiger partial charge in [-0.2, -0.15) is 0 Å². The smallest absolute Gasteiger partial charge is 0.243 e. The van der Waals surface area contributed by atoms with E-state index in [4.69, 9.17) is 0 Å². The molecular formula is C27H50N4O2. The molecule has 0 fully saturated rings. The Morgan fingerprint density at radius 1 is 0.909 bits per heavy atom. The predicted octanol–water partition coefficient (Wildman–Crippen LogP) is 5.70. The van der Waals surface area contributed by atoms with E-state index in [1.165, 1.54) is 63.9 Å². The van der Waals surface area contributed by atoms with Gasteiger partial charge in [0.15, 0.2) is 0 Å². The molecule has 0 aliphatic carbocycles. The maximum absolute atomic E-state index is 12.6. The Morgan fingerprint density at radius 3 is 2.12 bits per heavy atom. The van der Waals surface area contributed by atoms with Crippen LogP contribution >= 0.6 is 0 Å². The first-order valence-corrected chi connectivity index (χ1v) is 13.2. The summed E-state index contributed by atoms with van der Waals surface area (Å²) in [5.74, 6) is -0.0476. The average Bonchev–Trinajstić information content (AvgIpc) is 2.82. The van der Waals surface area contributed by atoms with E-state index < -0.39 is 0 Å². The summed E-state index contributed by atoms with van der Waals surface area (Å²) in [5, 5.41) is 2.74. The fraction of sp³-hybridized carbons (Fsp3) is 0.741. The van der Waals surface area contributed by atoms with Gasteiger partial charge in [0, 0.05) is 45.3 Å². The molecule has 0 saturated heterocycles. The zero-order chi connectivity index (χ0) is 24.6. The highest BCUT2D eigenvalue weighted by Crippen LogP contribution is 2.10. The van der Waals surface area contributed by atoms with Crippen molar-refractivity contribution >= 4 is 18.2 Å². The number of carbonyl (C=O) groups is 2. The molecule has 0 aliphatic rings. The minimum absolute atomic E-state index is 0.130. The van der Waals surface area contributed by atoms with E-state index in [9.17, 15) is 9.59 Å². The van der Waals surface area contributed by atoms with Gasteiger partial charge in [-0.3, -0.25) is 14.6 Å². The molecular weight excluding hydrogens is 412 g/mol. The maximum atomic E-state index is 12.6. The Morgan fingerprint density at radius 2 is 1.55 bits per heavy atom. The topological polar surface area (TPSA) is 65.0 Å². The summed E-state index contributed by atoms with van der Waals surface area (Å²) in [7, 11) is 0. The van der Waals surface area contributed by atoms with Gasteiger partial charge >= 0.3 is 0 Å². The maximum Gasteiger partial charge on any atom is 0.243 e. The van der Waals surface area contributed by atoms with Gasteiger partial charge in [0.05, 0.1) is 6.34 Å². The molecule has 0 aliphatic heterocycles. The molecule has 0 aromatic rings. The standard InChI is InChI=1S/C27H50N4O2/c1-5-9-10-11-12-13-14-15-16-17-20-28-25-30(22-6-2)24-19-27(33)31(8-4)23-18-21-29-26(32)7-3/h6-7,22,25H,3,5,8-21,23-24H2,1-2,4H3,(H,29,32)/b22-6-,28-25?. The van der Waals surface area contributed by atoms with Gasteiger partial charge in [0.2, 0.25) is 11.8 Å². The Hall–Kier alpha value is -2.11. The highest BCUT2D eigenvalue weighted by atomic mass is 16.2. The first kappa shape index (κ1) is 30.9. The Bertz CT molecular complexity index is 560. The number of rotatable bonds is 22. The van der Waals surface area contributed by atoms with E-state index in [0.29, 0.717) is 32.6 Å². The molecule has 0 aromatic carbocycles. The largest absolute Gasteiger partial charge is 0.353 e. The molecule has 1 N–H and O–H groups in total. The van der Waals surface area contributed by atoms with Crippen molar-refractivity contribution in [2.75, 3.05) is 32.7 Å². The predicted molar refractivity (Wildman–Crippen MR) is 141 cm³/mol. The lowest BCUT2D eigenvalue weighted by molar-refractivity contribution is -0.131. The van der Waals surface area contributed by atoms with Crippen molar-refractivity contribution in [2.24, 2.45) is 4.99 Å². The van der Waals surface area contributed by atoms with Crippen molar-refractivity contribution in [2.45, 2.75) is 97.8 Å². The van der Waals surface area contributed by atoms with E-state index in [-0.39, 0.29) is 11.8 Å². The lowest BCUT2D eigenvalue weighted by atomic mass is 10.1. The first-order chi connectivity index (χ1) is 16.1. The van der Waals surface area contributed by atoms with Crippen LogP contribution in [0.5, 0.6) is 0 Å². The number of unbranched alkanes of at least 4 members (excludes halogenated alkanes) is 9. The molecule has 6 nitrogen and oxygen atoms in total. The van der Waals surface area contributed by atoms with Gasteiger partial charge in [-0.1, -0.05) is 77.4 Å². The van der Waals surface area contributed by atoms with E-state index >= 15 is 0 Å². The van der Waals surface area contributed by atoms with Crippen molar-refractivity contribution in [3.63, 3.8) is 0 Å². The third-order valence-electron chi connectivity index (χ3n) is 5.62. The van der Waals surface area contributed by atoms with Crippen molar-refractivity contribution in [3.8, 4) is 0 Å². The molecule has 2 amide bonds. The first-order valence-electron chi connectivity index (χ1n) is 13.2. The molecule has 0 atom stereocenters. The van der Waals surface area contributed by atoms with Gasteiger partial charge < -0.3 is 15.1 Å². The van der Waals surface area contributed by atoms with Crippen LogP contribution in [0.1, 0.15) is 97.8 Å². The van der Waals surface area contributed by atoms with Crippen LogP contribution in [0.2, 0.25) is 0 Å². The fourth-order valence-electron chi connectivity index (χ4n) is 3.61. The summed E-state index contributed by atoms with van der Waals surface area (Å²) in [6, 6.07) is 0. The van der Waals surface area contributed by atoms with Gasteiger partial charge in [-0.05, 0) is 32.8 Å². The van der Waals surface area contributed by atoms with Crippen LogP contribution in [0.4, 0.5) is 0 Å². The van der Waals surface area contributed by atoms with E-state index in [0.717, 1.165) is 19.4 Å². The number of nitrogens with one attached hydrogen (secondary N) is 1. The molecule has 0 aromatic heterocycles. The second kappa shape index (κ2) is 23.1. The third kappa shape index (κ3) is 19.1. The number of hydrogen-bond donors (Lipinski definition) is 1.